The van der Waals surface area contributed by atoms with E-state index in [2.05, 4.69) is 43.4 Å². The van der Waals surface area contributed by atoms with Gasteiger partial charge in [-0.2, -0.15) is 19.6 Å². The molecule has 1 saturated heterocycles. The number of anilines is 3. The molecule has 4 N–H and O–H groups in total. The quantitative estimate of drug-likeness (QED) is 0.340. The van der Waals surface area contributed by atoms with Gasteiger partial charge < -0.3 is 26.0 Å². The number of carbonyl (C=O) groups excluding carboxylic acids is 1. The molecule has 1 aliphatic heterocycles. The Morgan fingerprint density at radius 2 is 2.03 bits per heavy atom. The van der Waals surface area contributed by atoms with Gasteiger partial charge in [-0.05, 0) is 77.1 Å². The maximum absolute atomic E-state index is 13.0. The van der Waals surface area contributed by atoms with Crippen molar-refractivity contribution >= 4 is 40.9 Å². The molecule has 0 unspecified atom stereocenters. The van der Waals surface area contributed by atoms with E-state index in [0.717, 1.165) is 29.6 Å². The lowest BCUT2D eigenvalue weighted by molar-refractivity contribution is -0.00828. The van der Waals surface area contributed by atoms with Gasteiger partial charge in [0.1, 0.15) is 5.60 Å². The Kier molecular flexibility index (Phi) is 7.65. The molecule has 206 valence electrons. The van der Waals surface area contributed by atoms with Crippen LogP contribution < -0.4 is 16.4 Å². The molecule has 38 heavy (non-hydrogen) atoms. The zero-order chi connectivity index (χ0) is 27.8. The summed E-state index contributed by atoms with van der Waals surface area (Å²) in [4.78, 5) is 24.4. The molecule has 1 atom stereocenters. The number of hydrogen-bond acceptors (Lipinski definition) is 8. The molecule has 3 aromatic rings. The number of nitrogen functional groups attached to an aromatic ring is 1. The Bertz CT molecular complexity index is 1310. The van der Waals surface area contributed by atoms with Crippen molar-refractivity contribution in [2.45, 2.75) is 91.0 Å². The molecule has 0 aliphatic carbocycles. The lowest BCUT2D eigenvalue weighted by atomic mass is 9.88. The number of nitrogens with two attached hydrogens (primary N) is 1. The summed E-state index contributed by atoms with van der Waals surface area (Å²) in [5, 5.41) is 12.0. The first kappa shape index (κ1) is 27.8. The average Bonchev–Trinajstić information content (AvgIpc) is 3.24. The maximum Gasteiger partial charge on any atom is 0.410 e. The van der Waals surface area contributed by atoms with Crippen molar-refractivity contribution in [2.75, 3.05) is 22.9 Å². The number of aromatic nitrogens is 4. The van der Waals surface area contributed by atoms with Crippen LogP contribution >= 0.6 is 11.6 Å². The molecular formula is C27H39ClN8O2. The number of halogens is 1. The summed E-state index contributed by atoms with van der Waals surface area (Å²) in [5.74, 6) is 1.22. The van der Waals surface area contributed by atoms with Crippen LogP contribution in [0.3, 0.4) is 0 Å². The third-order valence-electron chi connectivity index (χ3n) is 6.71. The second-order valence-corrected chi connectivity index (χ2v) is 12.3. The highest BCUT2D eigenvalue weighted by molar-refractivity contribution is 6.31. The summed E-state index contributed by atoms with van der Waals surface area (Å²) in [6, 6.07) is 5.34. The van der Waals surface area contributed by atoms with E-state index in [1.165, 1.54) is 0 Å². The highest BCUT2D eigenvalue weighted by Crippen LogP contribution is 2.31. The fraction of sp³-hybridized carbons (Fsp3) is 0.556. The molecule has 1 aromatic carbocycles. The van der Waals surface area contributed by atoms with E-state index in [1.54, 1.807) is 21.5 Å². The highest BCUT2D eigenvalue weighted by atomic mass is 35.5. The van der Waals surface area contributed by atoms with Gasteiger partial charge in [-0.15, -0.1) is 0 Å². The van der Waals surface area contributed by atoms with Crippen molar-refractivity contribution in [1.29, 1.82) is 0 Å². The van der Waals surface area contributed by atoms with Gasteiger partial charge >= 0.3 is 6.09 Å². The van der Waals surface area contributed by atoms with Crippen molar-refractivity contribution in [3.63, 3.8) is 0 Å². The zero-order valence-corrected chi connectivity index (χ0v) is 24.1. The maximum atomic E-state index is 13.0. The van der Waals surface area contributed by atoms with Crippen LogP contribution in [0.1, 0.15) is 78.4 Å². The van der Waals surface area contributed by atoms with Gasteiger partial charge in [0, 0.05) is 40.9 Å². The van der Waals surface area contributed by atoms with Crippen molar-refractivity contribution < 1.29 is 9.53 Å². The van der Waals surface area contributed by atoms with Crippen molar-refractivity contribution in [2.24, 2.45) is 0 Å². The SMILES string of the molecule is CC(C)c1cnn2c(NCc3cc(N)ccc3Cl)nc(N[C@H]3CCC(C)(C)N(C(=O)OC(C)(C)C)C3)nc12. The van der Waals surface area contributed by atoms with E-state index < -0.39 is 5.60 Å². The number of hydrogen-bond donors (Lipinski definition) is 3. The van der Waals surface area contributed by atoms with Gasteiger partial charge in [-0.3, -0.25) is 0 Å². The van der Waals surface area contributed by atoms with Crippen LogP contribution in [0.4, 0.5) is 22.4 Å². The summed E-state index contributed by atoms with van der Waals surface area (Å²) in [5.41, 5.74) is 8.31. The third-order valence-corrected chi connectivity index (χ3v) is 7.08. The first-order valence-corrected chi connectivity index (χ1v) is 13.4. The molecular weight excluding hydrogens is 504 g/mol. The summed E-state index contributed by atoms with van der Waals surface area (Å²) in [7, 11) is 0. The fourth-order valence-corrected chi connectivity index (χ4v) is 4.73. The summed E-state index contributed by atoms with van der Waals surface area (Å²) in [6.07, 6.45) is 3.18. The lowest BCUT2D eigenvalue weighted by Crippen LogP contribution is -2.57. The van der Waals surface area contributed by atoms with Crippen LogP contribution in [-0.2, 0) is 11.3 Å². The zero-order valence-electron chi connectivity index (χ0n) is 23.3. The van der Waals surface area contributed by atoms with Crippen molar-refractivity contribution in [3.05, 3.63) is 40.5 Å². The van der Waals surface area contributed by atoms with Crippen LogP contribution in [0.2, 0.25) is 5.02 Å². The lowest BCUT2D eigenvalue weighted by Gasteiger charge is -2.45. The van der Waals surface area contributed by atoms with E-state index in [4.69, 9.17) is 32.0 Å². The van der Waals surface area contributed by atoms with Crippen molar-refractivity contribution in [3.8, 4) is 0 Å². The molecule has 2 aromatic heterocycles. The molecule has 11 heteroatoms. The minimum Gasteiger partial charge on any atom is -0.444 e. The Labute approximate surface area is 229 Å². The number of likely N-dealkylation sites (tertiary alicyclic amines) is 1. The number of nitrogens with zero attached hydrogens (tertiary/aromatic N) is 5. The van der Waals surface area contributed by atoms with Gasteiger partial charge in [-0.25, -0.2) is 4.79 Å². The normalized spacial score (nSPS) is 17.6. The molecule has 1 fully saturated rings. The minimum atomic E-state index is -0.566. The van der Waals surface area contributed by atoms with Crippen LogP contribution in [0, 0.1) is 0 Å². The Hall–Kier alpha value is -3.27. The number of nitrogens with one attached hydrogen (secondary N) is 2. The van der Waals surface area contributed by atoms with Crippen molar-refractivity contribution in [1.82, 2.24) is 24.5 Å². The van der Waals surface area contributed by atoms with Gasteiger partial charge in [0.2, 0.25) is 11.9 Å². The number of ether oxygens (including phenoxy) is 1. The molecule has 1 amide bonds. The van der Waals surface area contributed by atoms with E-state index in [0.29, 0.717) is 35.7 Å². The Morgan fingerprint density at radius 3 is 2.71 bits per heavy atom. The van der Waals surface area contributed by atoms with Crippen LogP contribution in [0.15, 0.2) is 24.4 Å². The largest absolute Gasteiger partial charge is 0.444 e. The minimum absolute atomic E-state index is 0.0420. The molecule has 1 aliphatic rings. The number of carbonyl (C=O) groups is 1. The molecule has 3 heterocycles. The average molecular weight is 543 g/mol. The van der Waals surface area contributed by atoms with Gasteiger partial charge in [0.25, 0.3) is 0 Å². The Morgan fingerprint density at radius 1 is 1.29 bits per heavy atom. The molecule has 0 radical (unpaired) electrons. The van der Waals surface area contributed by atoms with Crippen LogP contribution in [-0.4, -0.2) is 54.3 Å². The summed E-state index contributed by atoms with van der Waals surface area (Å²) < 4.78 is 7.40. The van der Waals surface area contributed by atoms with Gasteiger partial charge in [0.05, 0.1) is 6.20 Å². The molecule has 0 saturated carbocycles. The number of amides is 1. The first-order valence-electron chi connectivity index (χ1n) is 13.0. The van der Waals surface area contributed by atoms with E-state index >= 15 is 0 Å². The summed E-state index contributed by atoms with van der Waals surface area (Å²) >= 11 is 6.38. The smallest absolute Gasteiger partial charge is 0.410 e. The topological polar surface area (TPSA) is 123 Å². The van der Waals surface area contributed by atoms with Crippen LogP contribution in [0.25, 0.3) is 5.65 Å². The predicted molar refractivity (Wildman–Crippen MR) is 152 cm³/mol. The molecule has 10 nitrogen and oxygen atoms in total. The predicted octanol–water partition coefficient (Wildman–Crippen LogP) is 5.69. The second-order valence-electron chi connectivity index (χ2n) is 11.8. The van der Waals surface area contributed by atoms with E-state index in [-0.39, 0.29) is 23.6 Å². The van der Waals surface area contributed by atoms with Gasteiger partial charge in [0.15, 0.2) is 5.65 Å². The molecule has 0 spiro atoms. The monoisotopic (exact) mass is 542 g/mol. The third kappa shape index (κ3) is 6.23. The van der Waals surface area contributed by atoms with E-state index in [1.807, 2.05) is 33.0 Å². The fourth-order valence-electron chi connectivity index (χ4n) is 4.55. The highest BCUT2D eigenvalue weighted by Gasteiger charge is 2.39. The molecule has 0 bridgehead atoms. The van der Waals surface area contributed by atoms with Crippen LogP contribution in [0.5, 0.6) is 0 Å². The summed E-state index contributed by atoms with van der Waals surface area (Å²) in [6.45, 7) is 14.9. The number of rotatable bonds is 6. The molecule has 4 rings (SSSR count). The standard InChI is InChI=1S/C27H39ClN8O2/c1-16(2)20-14-31-36-22(20)33-23(34-24(36)30-13-17-12-18(29)8-9-21(17)28)32-19-10-11-27(6,7)35(15-19)25(37)38-26(3,4)5/h8-9,12,14,16,19H,10-11,13,15,29H2,1-7H3,(H2,30,32,33,34)/t19-/m0/s1. The Balaban J connectivity index is 1.61. The second kappa shape index (κ2) is 10.5. The first-order chi connectivity index (χ1) is 17.7. The number of fused-ring (bicyclic) bond motifs is 1. The number of benzene rings is 1. The van der Waals surface area contributed by atoms with E-state index in [9.17, 15) is 4.79 Å². The number of piperidine rings is 1. The van der Waals surface area contributed by atoms with Gasteiger partial charge in [-0.1, -0.05) is 25.4 Å².